The van der Waals surface area contributed by atoms with Gasteiger partial charge in [0.05, 0.1) is 24.7 Å². The summed E-state index contributed by atoms with van der Waals surface area (Å²) in [7, 11) is 1.46. The average Bonchev–Trinajstić information content (AvgIpc) is 2.42. The van der Waals surface area contributed by atoms with E-state index in [0.29, 0.717) is 17.7 Å². The molecule has 0 aliphatic heterocycles. The number of methoxy groups -OCH3 is 1. The number of ether oxygens (including phenoxy) is 2. The highest BCUT2D eigenvalue weighted by Gasteiger charge is 2.22. The van der Waals surface area contributed by atoms with E-state index in [0.717, 1.165) is 0 Å². The molecule has 21 heavy (non-hydrogen) atoms. The Kier molecular flexibility index (Phi) is 6.91. The number of nitrogens with zero attached hydrogens (tertiary/aromatic N) is 1. The number of alkyl halides is 1. The van der Waals surface area contributed by atoms with E-state index in [9.17, 15) is 14.9 Å². The molecule has 0 radical (unpaired) electrons. The van der Waals surface area contributed by atoms with Crippen LogP contribution in [0.3, 0.4) is 0 Å². The van der Waals surface area contributed by atoms with E-state index < -0.39 is 10.2 Å². The van der Waals surface area contributed by atoms with Crippen LogP contribution < -0.4 is 9.47 Å². The predicted molar refractivity (Wildman–Crippen MR) is 82.6 cm³/mol. The zero-order chi connectivity index (χ0) is 16.0. The van der Waals surface area contributed by atoms with E-state index in [1.807, 2.05) is 0 Å². The molecule has 1 aromatic rings. The number of rotatable bonds is 8. The Labute approximate surface area is 135 Å². The molecule has 0 spiro atoms. The van der Waals surface area contributed by atoms with Gasteiger partial charge < -0.3 is 9.47 Å². The van der Waals surface area contributed by atoms with Crippen molar-refractivity contribution in [3.63, 3.8) is 0 Å². The molecule has 0 heterocycles. The van der Waals surface area contributed by atoms with Crippen LogP contribution in [0, 0.1) is 10.1 Å². The third-order valence-corrected chi connectivity index (χ3v) is 3.40. The lowest BCUT2D eigenvalue weighted by atomic mass is 10.1. The van der Waals surface area contributed by atoms with E-state index in [1.165, 1.54) is 13.2 Å². The SMILES string of the molecule is COc1cc(C(C)Br)c([N+](=O)[O-])cc1OCCCC(=O)Cl. The Morgan fingerprint density at radius 1 is 1.48 bits per heavy atom. The molecule has 0 aliphatic carbocycles. The Bertz CT molecular complexity index is 536. The molecular weight excluding hydrogens is 366 g/mol. The van der Waals surface area contributed by atoms with Crippen molar-refractivity contribution in [1.82, 2.24) is 0 Å². The minimum absolute atomic E-state index is 0.0522. The number of nitro groups is 1. The fourth-order valence-electron chi connectivity index (χ4n) is 1.71. The molecule has 0 amide bonds. The molecule has 0 N–H and O–H groups in total. The first kappa shape index (κ1) is 17.7. The molecule has 1 rings (SSSR count). The van der Waals surface area contributed by atoms with Crippen LogP contribution in [0.15, 0.2) is 12.1 Å². The Balaban J connectivity index is 2.99. The summed E-state index contributed by atoms with van der Waals surface area (Å²) < 4.78 is 10.6. The van der Waals surface area contributed by atoms with Gasteiger partial charge >= 0.3 is 0 Å². The van der Waals surface area contributed by atoms with Crippen molar-refractivity contribution in [2.24, 2.45) is 0 Å². The standard InChI is InChI=1S/C13H15BrClNO5/c1-8(14)9-6-11(20-2)12(7-10(9)16(18)19)21-5-3-4-13(15)17/h6-8H,3-5H2,1-2H3. The molecule has 1 atom stereocenters. The predicted octanol–water partition coefficient (Wildman–Crippen LogP) is 3.98. The third-order valence-electron chi connectivity index (χ3n) is 2.71. The zero-order valence-corrected chi connectivity index (χ0v) is 13.9. The van der Waals surface area contributed by atoms with Crippen LogP contribution in [0.4, 0.5) is 5.69 Å². The second-order valence-corrected chi connectivity index (χ2v) is 6.04. The summed E-state index contributed by atoms with van der Waals surface area (Å²) in [5.41, 5.74) is 0.448. The van der Waals surface area contributed by atoms with Crippen molar-refractivity contribution >= 4 is 38.5 Å². The Morgan fingerprint density at radius 2 is 2.14 bits per heavy atom. The van der Waals surface area contributed by atoms with Gasteiger partial charge in [-0.2, -0.15) is 0 Å². The number of carbonyl (C=O) groups is 1. The first-order valence-corrected chi connectivity index (χ1v) is 7.47. The van der Waals surface area contributed by atoms with Gasteiger partial charge in [-0.15, -0.1) is 0 Å². The molecule has 6 nitrogen and oxygen atoms in total. The minimum atomic E-state index is -0.471. The molecule has 1 unspecified atom stereocenters. The summed E-state index contributed by atoms with van der Waals surface area (Å²) in [6.45, 7) is 2.00. The largest absolute Gasteiger partial charge is 0.493 e. The fraction of sp³-hybridized carbons (Fsp3) is 0.462. The van der Waals surface area contributed by atoms with Gasteiger partial charge in [0.15, 0.2) is 11.5 Å². The number of hydrogen-bond acceptors (Lipinski definition) is 5. The lowest BCUT2D eigenvalue weighted by molar-refractivity contribution is -0.385. The highest BCUT2D eigenvalue weighted by Crippen LogP contribution is 2.39. The van der Waals surface area contributed by atoms with Gasteiger partial charge in [-0.1, -0.05) is 15.9 Å². The molecule has 0 bridgehead atoms. The first-order valence-electron chi connectivity index (χ1n) is 6.18. The summed E-state index contributed by atoms with van der Waals surface area (Å²) >= 11 is 8.54. The quantitative estimate of drug-likeness (QED) is 0.224. The van der Waals surface area contributed by atoms with Gasteiger partial charge in [-0.05, 0) is 31.0 Å². The highest BCUT2D eigenvalue weighted by atomic mass is 79.9. The lowest BCUT2D eigenvalue weighted by Gasteiger charge is -2.13. The van der Waals surface area contributed by atoms with Crippen LogP contribution in [0.25, 0.3) is 0 Å². The topological polar surface area (TPSA) is 78.7 Å². The van der Waals surface area contributed by atoms with Gasteiger partial charge in [-0.25, -0.2) is 0 Å². The lowest BCUT2D eigenvalue weighted by Crippen LogP contribution is -2.04. The van der Waals surface area contributed by atoms with Crippen LogP contribution >= 0.6 is 27.5 Å². The van der Waals surface area contributed by atoms with Crippen molar-refractivity contribution in [2.75, 3.05) is 13.7 Å². The van der Waals surface area contributed by atoms with Crippen LogP contribution in [-0.2, 0) is 4.79 Å². The molecular formula is C13H15BrClNO5. The maximum absolute atomic E-state index is 11.1. The van der Waals surface area contributed by atoms with E-state index >= 15 is 0 Å². The molecule has 116 valence electrons. The summed E-state index contributed by atoms with van der Waals surface area (Å²) in [6, 6.07) is 2.90. The average molecular weight is 381 g/mol. The smallest absolute Gasteiger partial charge is 0.277 e. The van der Waals surface area contributed by atoms with E-state index in [2.05, 4.69) is 15.9 Å². The van der Waals surface area contributed by atoms with Crippen molar-refractivity contribution in [2.45, 2.75) is 24.6 Å². The minimum Gasteiger partial charge on any atom is -0.493 e. The van der Waals surface area contributed by atoms with Crippen molar-refractivity contribution in [3.8, 4) is 11.5 Å². The maximum Gasteiger partial charge on any atom is 0.277 e. The maximum atomic E-state index is 11.1. The molecule has 0 aliphatic rings. The molecule has 0 saturated heterocycles. The normalized spacial score (nSPS) is 11.8. The Morgan fingerprint density at radius 3 is 2.62 bits per heavy atom. The van der Waals surface area contributed by atoms with Crippen LogP contribution in [0.2, 0.25) is 0 Å². The van der Waals surface area contributed by atoms with Gasteiger partial charge in [0, 0.05) is 16.8 Å². The van der Waals surface area contributed by atoms with Gasteiger partial charge in [0.1, 0.15) is 0 Å². The van der Waals surface area contributed by atoms with Crippen molar-refractivity contribution in [1.29, 1.82) is 0 Å². The number of halogens is 2. The second kappa shape index (κ2) is 8.19. The first-order chi connectivity index (χ1) is 9.86. The van der Waals surface area contributed by atoms with Gasteiger partial charge in [0.25, 0.3) is 5.69 Å². The molecule has 0 fully saturated rings. The van der Waals surface area contributed by atoms with E-state index in [4.69, 9.17) is 21.1 Å². The third kappa shape index (κ3) is 5.17. The van der Waals surface area contributed by atoms with Crippen LogP contribution in [-0.4, -0.2) is 23.9 Å². The van der Waals surface area contributed by atoms with Gasteiger partial charge in [0.2, 0.25) is 5.24 Å². The second-order valence-electron chi connectivity index (χ2n) is 4.24. The zero-order valence-electron chi connectivity index (χ0n) is 11.6. The summed E-state index contributed by atoms with van der Waals surface area (Å²) in [5.74, 6) is 0.669. The highest BCUT2D eigenvalue weighted by molar-refractivity contribution is 9.09. The summed E-state index contributed by atoms with van der Waals surface area (Å²) in [4.78, 5) is 21.1. The fourth-order valence-corrected chi connectivity index (χ4v) is 2.21. The monoisotopic (exact) mass is 379 g/mol. The van der Waals surface area contributed by atoms with Crippen LogP contribution in [0.1, 0.15) is 30.2 Å². The number of hydrogen-bond donors (Lipinski definition) is 0. The summed E-state index contributed by atoms with van der Waals surface area (Å²) in [6.07, 6.45) is 0.609. The van der Waals surface area contributed by atoms with Gasteiger partial charge in [-0.3, -0.25) is 14.9 Å². The van der Waals surface area contributed by atoms with E-state index in [1.54, 1.807) is 13.0 Å². The van der Waals surface area contributed by atoms with Crippen molar-refractivity contribution < 1.29 is 19.2 Å². The molecule has 8 heteroatoms. The van der Waals surface area contributed by atoms with E-state index in [-0.39, 0.29) is 29.3 Å². The van der Waals surface area contributed by atoms with Crippen LogP contribution in [0.5, 0.6) is 11.5 Å². The Hall–Kier alpha value is -1.34. The molecule has 0 aromatic heterocycles. The summed E-state index contributed by atoms with van der Waals surface area (Å²) in [5, 5.41) is 10.7. The molecule has 0 saturated carbocycles. The number of nitro benzene ring substituents is 1. The molecule has 1 aromatic carbocycles. The number of carbonyl (C=O) groups excluding carboxylic acids is 1. The van der Waals surface area contributed by atoms with Crippen molar-refractivity contribution in [3.05, 3.63) is 27.8 Å². The number of benzene rings is 1.